The Morgan fingerprint density at radius 3 is 2.15 bits per heavy atom. The summed E-state index contributed by atoms with van der Waals surface area (Å²) in [5.74, 6) is 0. The fraction of sp³-hybridized carbons (Fsp3) is 0.333. The van der Waals surface area contributed by atoms with Crippen molar-refractivity contribution in [1.29, 1.82) is 0 Å². The van der Waals surface area contributed by atoms with Crippen LogP contribution < -0.4 is 5.32 Å². The minimum absolute atomic E-state index is 0. The van der Waals surface area contributed by atoms with Gasteiger partial charge in [-0.05, 0) is 17.7 Å². The van der Waals surface area contributed by atoms with E-state index in [4.69, 9.17) is 11.6 Å². The second kappa shape index (κ2) is 3.84. The van der Waals surface area contributed by atoms with Gasteiger partial charge in [0.15, 0.2) is 0 Å². The highest BCUT2D eigenvalue weighted by molar-refractivity contribution is 6.30. The first-order chi connectivity index (χ1) is 5.71. The van der Waals surface area contributed by atoms with Crippen LogP contribution in [0.5, 0.6) is 0 Å². The summed E-state index contributed by atoms with van der Waals surface area (Å²) < 4.78 is 0. The molecule has 0 unspecified atom stereocenters. The van der Waals surface area contributed by atoms with E-state index in [1.807, 2.05) is 12.1 Å². The zero-order chi connectivity index (χ0) is 8.60. The largest absolute Gasteiger partial charge is 0.382 e. The van der Waals surface area contributed by atoms with Crippen LogP contribution in [0.25, 0.3) is 0 Å². The van der Waals surface area contributed by atoms with Crippen LogP contribution in [0.3, 0.4) is 0 Å². The molecular formula is C9H11Cl2NO. The third kappa shape index (κ3) is 1.97. The highest BCUT2D eigenvalue weighted by atomic mass is 35.5. The third-order valence-electron chi connectivity index (χ3n) is 2.22. The van der Waals surface area contributed by atoms with Crippen LogP contribution >= 0.6 is 24.0 Å². The van der Waals surface area contributed by atoms with E-state index in [2.05, 4.69) is 5.32 Å². The smallest absolute Gasteiger partial charge is 0.114 e. The Bertz CT molecular complexity index is 282. The van der Waals surface area contributed by atoms with Gasteiger partial charge in [0.2, 0.25) is 0 Å². The fourth-order valence-corrected chi connectivity index (χ4v) is 1.45. The summed E-state index contributed by atoms with van der Waals surface area (Å²) in [6, 6.07) is 7.33. The first kappa shape index (κ1) is 10.8. The first-order valence-corrected chi connectivity index (χ1v) is 4.28. The highest BCUT2D eigenvalue weighted by Gasteiger charge is 2.35. The van der Waals surface area contributed by atoms with Gasteiger partial charge in [0.05, 0.1) is 0 Å². The molecule has 2 N–H and O–H groups in total. The lowest BCUT2D eigenvalue weighted by atomic mass is 9.88. The maximum Gasteiger partial charge on any atom is 0.114 e. The molecule has 0 bridgehead atoms. The van der Waals surface area contributed by atoms with Gasteiger partial charge in [-0.25, -0.2) is 0 Å². The summed E-state index contributed by atoms with van der Waals surface area (Å²) in [5.41, 5.74) is 0.274. The SMILES string of the molecule is Cl.OC1(c2ccc(Cl)cc2)CNC1. The Hall–Kier alpha value is -0.280. The normalized spacial score (nSPS) is 18.6. The van der Waals surface area contributed by atoms with Gasteiger partial charge in [0, 0.05) is 18.1 Å². The zero-order valence-corrected chi connectivity index (χ0v) is 8.53. The topological polar surface area (TPSA) is 32.3 Å². The van der Waals surface area contributed by atoms with Crippen LogP contribution in [0.1, 0.15) is 5.56 Å². The molecule has 2 rings (SSSR count). The van der Waals surface area contributed by atoms with Gasteiger partial charge in [0.25, 0.3) is 0 Å². The Labute approximate surface area is 88.3 Å². The van der Waals surface area contributed by atoms with E-state index in [1.54, 1.807) is 12.1 Å². The fourth-order valence-electron chi connectivity index (χ4n) is 1.33. The minimum atomic E-state index is -0.662. The Balaban J connectivity index is 0.000000845. The molecule has 13 heavy (non-hydrogen) atoms. The minimum Gasteiger partial charge on any atom is -0.382 e. The summed E-state index contributed by atoms with van der Waals surface area (Å²) in [5, 5.41) is 13.6. The number of halogens is 2. The Morgan fingerprint density at radius 1 is 1.23 bits per heavy atom. The molecule has 1 aromatic carbocycles. The predicted molar refractivity (Wildman–Crippen MR) is 55.5 cm³/mol. The maximum absolute atomic E-state index is 9.87. The van der Waals surface area contributed by atoms with E-state index in [9.17, 15) is 5.11 Å². The van der Waals surface area contributed by atoms with Crippen LogP contribution in [0.2, 0.25) is 5.02 Å². The second-order valence-corrected chi connectivity index (χ2v) is 3.58. The van der Waals surface area contributed by atoms with Crippen molar-refractivity contribution in [1.82, 2.24) is 5.32 Å². The molecular weight excluding hydrogens is 209 g/mol. The lowest BCUT2D eigenvalue weighted by Gasteiger charge is -2.38. The first-order valence-electron chi connectivity index (χ1n) is 3.90. The van der Waals surface area contributed by atoms with E-state index < -0.39 is 5.60 Å². The average molecular weight is 220 g/mol. The van der Waals surface area contributed by atoms with Gasteiger partial charge in [-0.2, -0.15) is 0 Å². The third-order valence-corrected chi connectivity index (χ3v) is 2.47. The molecule has 0 radical (unpaired) electrons. The summed E-state index contributed by atoms with van der Waals surface area (Å²) in [6.07, 6.45) is 0. The van der Waals surface area contributed by atoms with E-state index in [1.165, 1.54) is 0 Å². The van der Waals surface area contributed by atoms with Gasteiger partial charge in [-0.15, -0.1) is 12.4 Å². The Kier molecular flexibility index (Phi) is 3.19. The molecule has 4 heteroatoms. The number of rotatable bonds is 1. The van der Waals surface area contributed by atoms with Crippen molar-refractivity contribution in [3.63, 3.8) is 0 Å². The van der Waals surface area contributed by atoms with Crippen molar-refractivity contribution >= 4 is 24.0 Å². The van der Waals surface area contributed by atoms with Crippen LogP contribution in [-0.4, -0.2) is 18.2 Å². The summed E-state index contributed by atoms with van der Waals surface area (Å²) >= 11 is 5.73. The quantitative estimate of drug-likeness (QED) is 0.752. The molecule has 0 atom stereocenters. The molecule has 1 aromatic rings. The molecule has 0 spiro atoms. The summed E-state index contributed by atoms with van der Waals surface area (Å²) in [4.78, 5) is 0. The predicted octanol–water partition coefficient (Wildman–Crippen LogP) is 1.55. The molecule has 0 saturated carbocycles. The highest BCUT2D eigenvalue weighted by Crippen LogP contribution is 2.25. The zero-order valence-electron chi connectivity index (χ0n) is 6.96. The molecule has 0 aromatic heterocycles. The van der Waals surface area contributed by atoms with Crippen molar-refractivity contribution in [2.45, 2.75) is 5.60 Å². The van der Waals surface area contributed by atoms with Crippen molar-refractivity contribution in [2.24, 2.45) is 0 Å². The van der Waals surface area contributed by atoms with Crippen molar-refractivity contribution < 1.29 is 5.11 Å². The standard InChI is InChI=1S/C9H10ClNO.ClH/c10-8-3-1-7(2-4-8)9(12)5-11-6-9;/h1-4,11-12H,5-6H2;1H. The Morgan fingerprint density at radius 2 is 1.77 bits per heavy atom. The van der Waals surface area contributed by atoms with Crippen LogP contribution in [-0.2, 0) is 5.60 Å². The maximum atomic E-state index is 9.87. The summed E-state index contributed by atoms with van der Waals surface area (Å²) in [7, 11) is 0. The molecule has 2 nitrogen and oxygen atoms in total. The molecule has 1 aliphatic heterocycles. The van der Waals surface area contributed by atoms with Gasteiger partial charge >= 0.3 is 0 Å². The number of hydrogen-bond donors (Lipinski definition) is 2. The van der Waals surface area contributed by atoms with E-state index in [-0.39, 0.29) is 12.4 Å². The van der Waals surface area contributed by atoms with E-state index >= 15 is 0 Å². The lowest BCUT2D eigenvalue weighted by Crippen LogP contribution is -2.56. The van der Waals surface area contributed by atoms with Gasteiger partial charge < -0.3 is 10.4 Å². The number of nitrogens with one attached hydrogen (secondary N) is 1. The molecule has 1 fully saturated rings. The molecule has 0 aliphatic carbocycles. The summed E-state index contributed by atoms with van der Waals surface area (Å²) in [6.45, 7) is 1.27. The lowest BCUT2D eigenvalue weighted by molar-refractivity contribution is -0.0146. The number of hydrogen-bond acceptors (Lipinski definition) is 2. The van der Waals surface area contributed by atoms with Crippen LogP contribution in [0.4, 0.5) is 0 Å². The van der Waals surface area contributed by atoms with Crippen molar-refractivity contribution in [3.8, 4) is 0 Å². The van der Waals surface area contributed by atoms with Crippen molar-refractivity contribution in [2.75, 3.05) is 13.1 Å². The van der Waals surface area contributed by atoms with Crippen LogP contribution in [0, 0.1) is 0 Å². The number of benzene rings is 1. The molecule has 1 saturated heterocycles. The molecule has 0 amide bonds. The van der Waals surface area contributed by atoms with Gasteiger partial charge in [0.1, 0.15) is 5.60 Å². The average Bonchev–Trinajstić information content (AvgIpc) is 2.02. The number of aliphatic hydroxyl groups is 1. The van der Waals surface area contributed by atoms with Gasteiger partial charge in [-0.1, -0.05) is 23.7 Å². The van der Waals surface area contributed by atoms with Gasteiger partial charge in [-0.3, -0.25) is 0 Å². The molecule has 1 heterocycles. The second-order valence-electron chi connectivity index (χ2n) is 3.14. The van der Waals surface area contributed by atoms with Crippen LogP contribution in [0.15, 0.2) is 24.3 Å². The van der Waals surface area contributed by atoms with Crippen molar-refractivity contribution in [3.05, 3.63) is 34.9 Å². The van der Waals surface area contributed by atoms with E-state index in [0.29, 0.717) is 18.1 Å². The molecule has 1 aliphatic rings. The monoisotopic (exact) mass is 219 g/mol. The number of β-amino-alcohol motifs (C(OH)–C–C–N with tert-alkyl or cyclic N) is 1. The molecule has 72 valence electrons. The van der Waals surface area contributed by atoms with E-state index in [0.717, 1.165) is 5.56 Å².